The maximum absolute atomic E-state index is 13.4. The topological polar surface area (TPSA) is 97.5 Å². The summed E-state index contributed by atoms with van der Waals surface area (Å²) >= 11 is 0. The minimum absolute atomic E-state index is 0.0491. The van der Waals surface area contributed by atoms with Crippen LogP contribution in [0.2, 0.25) is 0 Å². The number of fused-ring (bicyclic) bond motifs is 1. The molecule has 7 nitrogen and oxygen atoms in total. The van der Waals surface area contributed by atoms with E-state index < -0.39 is 29.3 Å². The first-order chi connectivity index (χ1) is 15.9. The molecule has 1 aliphatic rings. The number of H-pyrrole nitrogens is 1. The molecule has 2 heterocycles. The van der Waals surface area contributed by atoms with Crippen molar-refractivity contribution >= 4 is 28.4 Å². The van der Waals surface area contributed by atoms with Gasteiger partial charge in [-0.2, -0.15) is 0 Å². The van der Waals surface area contributed by atoms with Gasteiger partial charge >= 0.3 is 0 Å². The minimum Gasteiger partial charge on any atom is -0.395 e. The molecule has 2 aromatic carbocycles. The lowest BCUT2D eigenvalue weighted by atomic mass is 10.1. The number of hydrogen-bond acceptors (Lipinski definition) is 4. The predicted molar refractivity (Wildman–Crippen MR) is 116 cm³/mol. The van der Waals surface area contributed by atoms with Crippen molar-refractivity contribution in [3.05, 3.63) is 65.1 Å². The number of amides is 2. The molecule has 0 bridgehead atoms. The van der Waals surface area contributed by atoms with Gasteiger partial charge in [0, 0.05) is 66.7 Å². The first-order valence-electron chi connectivity index (χ1n) is 10.5. The second-order valence-corrected chi connectivity index (χ2v) is 7.95. The van der Waals surface area contributed by atoms with Crippen molar-refractivity contribution in [3.63, 3.8) is 0 Å². The number of aliphatic hydroxyl groups is 1. The van der Waals surface area contributed by atoms with E-state index in [4.69, 9.17) is 5.11 Å². The van der Waals surface area contributed by atoms with Crippen molar-refractivity contribution in [2.45, 2.75) is 13.0 Å². The molecule has 0 radical (unpaired) electrons. The summed E-state index contributed by atoms with van der Waals surface area (Å²) in [7, 11) is 0. The Labute approximate surface area is 187 Å². The normalized spacial score (nSPS) is 15.9. The Hall–Kier alpha value is -3.37. The van der Waals surface area contributed by atoms with Crippen molar-refractivity contribution in [3.8, 4) is 0 Å². The number of halogens is 3. The Morgan fingerprint density at radius 1 is 1.15 bits per heavy atom. The van der Waals surface area contributed by atoms with Gasteiger partial charge in [0.1, 0.15) is 0 Å². The zero-order valence-corrected chi connectivity index (χ0v) is 17.6. The number of benzene rings is 2. The second kappa shape index (κ2) is 9.63. The molecule has 2 amide bonds. The first kappa shape index (κ1) is 22.8. The smallest absolute Gasteiger partial charge is 0.253 e. The molecule has 0 saturated carbocycles. The number of likely N-dealkylation sites (tertiary alicyclic amines) is 1. The van der Waals surface area contributed by atoms with E-state index in [1.807, 2.05) is 12.3 Å². The summed E-state index contributed by atoms with van der Waals surface area (Å²) < 4.78 is 39.9. The number of nitrogens with one attached hydrogen (secondary N) is 3. The maximum atomic E-state index is 13.4. The third kappa shape index (κ3) is 4.86. The van der Waals surface area contributed by atoms with Gasteiger partial charge in [-0.05, 0) is 24.1 Å². The zero-order chi connectivity index (χ0) is 23.5. The number of carbonyl (C=O) groups is 2. The Morgan fingerprint density at radius 3 is 2.64 bits per heavy atom. The van der Waals surface area contributed by atoms with Gasteiger partial charge in [0.05, 0.1) is 12.5 Å². The number of hydrogen-bond donors (Lipinski definition) is 4. The number of anilines is 1. The number of carbonyl (C=O) groups excluding carboxylic acids is 2. The van der Waals surface area contributed by atoms with Crippen molar-refractivity contribution < 1.29 is 27.9 Å². The lowest BCUT2D eigenvalue weighted by molar-refractivity contribution is -0.119. The largest absolute Gasteiger partial charge is 0.395 e. The van der Waals surface area contributed by atoms with Crippen LogP contribution in [0, 0.1) is 23.4 Å². The van der Waals surface area contributed by atoms with E-state index >= 15 is 0 Å². The summed E-state index contributed by atoms with van der Waals surface area (Å²) in [6.45, 7) is 1.64. The maximum Gasteiger partial charge on any atom is 0.253 e. The van der Waals surface area contributed by atoms with Gasteiger partial charge in [-0.1, -0.05) is 6.07 Å². The number of aliphatic hydroxyl groups excluding tert-OH is 1. The van der Waals surface area contributed by atoms with Crippen LogP contribution in [-0.2, 0) is 11.3 Å². The van der Waals surface area contributed by atoms with Gasteiger partial charge in [0.15, 0.2) is 17.5 Å². The van der Waals surface area contributed by atoms with Crippen LogP contribution in [-0.4, -0.2) is 53.0 Å². The van der Waals surface area contributed by atoms with E-state index in [9.17, 15) is 22.8 Å². The van der Waals surface area contributed by atoms with Crippen LogP contribution in [0.1, 0.15) is 22.3 Å². The number of nitrogens with zero attached hydrogens (tertiary/aromatic N) is 1. The Morgan fingerprint density at radius 2 is 1.91 bits per heavy atom. The van der Waals surface area contributed by atoms with Crippen LogP contribution >= 0.6 is 0 Å². The highest BCUT2D eigenvalue weighted by atomic mass is 19.2. The van der Waals surface area contributed by atoms with Crippen LogP contribution in [0.15, 0.2) is 36.5 Å². The van der Waals surface area contributed by atoms with E-state index in [0.29, 0.717) is 43.8 Å². The Bertz CT molecular complexity index is 1170. The summed E-state index contributed by atoms with van der Waals surface area (Å²) in [6.07, 6.45) is 2.25. The van der Waals surface area contributed by atoms with Gasteiger partial charge in [0.25, 0.3) is 5.91 Å². The summed E-state index contributed by atoms with van der Waals surface area (Å²) in [6, 6.07) is 6.77. The van der Waals surface area contributed by atoms with Gasteiger partial charge < -0.3 is 25.6 Å². The fraction of sp³-hybridized carbons (Fsp3) is 0.304. The molecule has 10 heteroatoms. The summed E-state index contributed by atoms with van der Waals surface area (Å²) in [5, 5.41) is 15.4. The molecule has 0 aliphatic carbocycles. The molecule has 4 N–H and O–H groups in total. The molecule has 4 rings (SSSR count). The van der Waals surface area contributed by atoms with E-state index in [-0.39, 0.29) is 24.7 Å². The zero-order valence-electron chi connectivity index (χ0n) is 17.6. The molecule has 1 aromatic heterocycles. The lowest BCUT2D eigenvalue weighted by Crippen LogP contribution is -2.31. The molecule has 0 spiro atoms. The monoisotopic (exact) mass is 460 g/mol. The average Bonchev–Trinajstić information content (AvgIpc) is 3.44. The van der Waals surface area contributed by atoms with E-state index in [2.05, 4.69) is 15.6 Å². The third-order valence-electron chi connectivity index (χ3n) is 5.72. The molecule has 3 aromatic rings. The fourth-order valence-electron chi connectivity index (χ4n) is 3.98. The van der Waals surface area contributed by atoms with Gasteiger partial charge in [-0.15, -0.1) is 0 Å². The van der Waals surface area contributed by atoms with Crippen LogP contribution in [0.4, 0.5) is 18.9 Å². The predicted octanol–water partition coefficient (Wildman–Crippen LogP) is 2.77. The average molecular weight is 460 g/mol. The highest BCUT2D eigenvalue weighted by Gasteiger charge is 2.32. The molecular weight excluding hydrogens is 437 g/mol. The minimum atomic E-state index is -1.60. The van der Waals surface area contributed by atoms with Gasteiger partial charge in [0.2, 0.25) is 5.91 Å². The van der Waals surface area contributed by atoms with Crippen molar-refractivity contribution in [2.75, 3.05) is 31.6 Å². The molecule has 174 valence electrons. The number of aromatic amines is 1. The third-order valence-corrected chi connectivity index (χ3v) is 5.72. The standard InChI is InChI=1S/C23H23F3N4O3/c24-18-8-16(9-19(25)21(18)26)29-22(32)14-3-5-30(12-14)23(33)13-1-2-17-15(10-27-4-6-31)11-28-20(17)7-13/h1-2,7-9,11,14,27-28,31H,3-6,10,12H2,(H,29,32). The van der Waals surface area contributed by atoms with E-state index in [1.165, 1.54) is 0 Å². The van der Waals surface area contributed by atoms with Crippen molar-refractivity contribution in [1.29, 1.82) is 0 Å². The number of rotatable bonds is 7. The molecular formula is C23H23F3N4O3. The quantitative estimate of drug-likeness (QED) is 0.322. The van der Waals surface area contributed by atoms with E-state index in [0.717, 1.165) is 16.5 Å². The molecule has 1 aliphatic heterocycles. The SMILES string of the molecule is O=C(Nc1cc(F)c(F)c(F)c1)C1CCN(C(=O)c2ccc3c(CNCCO)c[nH]c3c2)C1. The van der Waals surface area contributed by atoms with Crippen LogP contribution in [0.3, 0.4) is 0 Å². The van der Waals surface area contributed by atoms with Crippen LogP contribution in [0.25, 0.3) is 10.9 Å². The second-order valence-electron chi connectivity index (χ2n) is 7.95. The van der Waals surface area contributed by atoms with Gasteiger partial charge in [-0.25, -0.2) is 13.2 Å². The van der Waals surface area contributed by atoms with Crippen molar-refractivity contribution in [2.24, 2.45) is 5.92 Å². The van der Waals surface area contributed by atoms with E-state index in [1.54, 1.807) is 17.0 Å². The van der Waals surface area contributed by atoms with Crippen molar-refractivity contribution in [1.82, 2.24) is 15.2 Å². The molecule has 33 heavy (non-hydrogen) atoms. The fourth-order valence-corrected chi connectivity index (χ4v) is 3.98. The lowest BCUT2D eigenvalue weighted by Gasteiger charge is -2.17. The highest BCUT2D eigenvalue weighted by Crippen LogP contribution is 2.25. The molecule has 1 unspecified atom stereocenters. The molecule has 1 saturated heterocycles. The first-order valence-corrected chi connectivity index (χ1v) is 10.5. The Balaban J connectivity index is 1.40. The number of aromatic nitrogens is 1. The van der Waals surface area contributed by atoms with Crippen LogP contribution in [0.5, 0.6) is 0 Å². The molecule has 1 fully saturated rings. The highest BCUT2D eigenvalue weighted by molar-refractivity contribution is 5.99. The molecule has 1 atom stereocenters. The summed E-state index contributed by atoms with van der Waals surface area (Å²) in [5.74, 6) is -5.64. The summed E-state index contributed by atoms with van der Waals surface area (Å²) in [5.41, 5.74) is 2.12. The van der Waals surface area contributed by atoms with Crippen LogP contribution < -0.4 is 10.6 Å². The Kier molecular flexibility index (Phi) is 6.66. The summed E-state index contributed by atoms with van der Waals surface area (Å²) in [4.78, 5) is 30.2. The van der Waals surface area contributed by atoms with Gasteiger partial charge in [-0.3, -0.25) is 9.59 Å².